The van der Waals surface area contributed by atoms with Crippen LogP contribution in [0.3, 0.4) is 0 Å². The van der Waals surface area contributed by atoms with Gasteiger partial charge in [0.25, 0.3) is 11.8 Å². The lowest BCUT2D eigenvalue weighted by atomic mass is 9.87. The summed E-state index contributed by atoms with van der Waals surface area (Å²) in [6.07, 6.45) is 6.07. The molecule has 0 radical (unpaired) electrons. The van der Waals surface area contributed by atoms with Crippen molar-refractivity contribution in [1.29, 1.82) is 0 Å². The second-order valence-corrected chi connectivity index (χ2v) is 5.83. The highest BCUT2D eigenvalue weighted by Crippen LogP contribution is 2.29. The number of hydrogen-bond acceptors (Lipinski definition) is 6. The fourth-order valence-corrected chi connectivity index (χ4v) is 3.03. The third kappa shape index (κ3) is 3.18. The van der Waals surface area contributed by atoms with Crippen LogP contribution in [0.5, 0.6) is 5.88 Å². The number of anilines is 1. The number of nitrogens with two attached hydrogens (primary N) is 1. The minimum atomic E-state index is -0.790. The molecule has 1 saturated heterocycles. The van der Waals surface area contributed by atoms with Crippen LogP contribution in [0.25, 0.3) is 0 Å². The zero-order chi connectivity index (χ0) is 17.9. The van der Waals surface area contributed by atoms with Crippen molar-refractivity contribution in [2.45, 2.75) is 18.4 Å². The number of piperidine rings is 1. The first-order valence-electron chi connectivity index (χ1n) is 7.93. The molecule has 0 aliphatic carbocycles. The van der Waals surface area contributed by atoms with E-state index in [1.165, 1.54) is 19.4 Å². The van der Waals surface area contributed by atoms with E-state index in [0.717, 1.165) is 0 Å². The van der Waals surface area contributed by atoms with Gasteiger partial charge in [-0.3, -0.25) is 14.3 Å². The average Bonchev–Trinajstić information content (AvgIpc) is 3.17. The molecular formula is C16H20N6O3. The number of amides is 2. The molecule has 0 saturated carbocycles. The van der Waals surface area contributed by atoms with Crippen LogP contribution in [-0.4, -0.2) is 46.8 Å². The summed E-state index contributed by atoms with van der Waals surface area (Å²) in [7, 11) is 1.40. The molecule has 1 fully saturated rings. The summed E-state index contributed by atoms with van der Waals surface area (Å²) >= 11 is 0. The van der Waals surface area contributed by atoms with Gasteiger partial charge in [-0.15, -0.1) is 0 Å². The zero-order valence-corrected chi connectivity index (χ0v) is 13.9. The second kappa shape index (κ2) is 6.89. The second-order valence-electron chi connectivity index (χ2n) is 5.83. The summed E-state index contributed by atoms with van der Waals surface area (Å²) in [6.45, 7) is 1.42. The third-order valence-corrected chi connectivity index (χ3v) is 4.36. The van der Waals surface area contributed by atoms with E-state index in [4.69, 9.17) is 10.5 Å². The van der Waals surface area contributed by atoms with Crippen molar-refractivity contribution in [3.8, 4) is 5.88 Å². The van der Waals surface area contributed by atoms with Crippen molar-refractivity contribution in [2.24, 2.45) is 5.73 Å². The van der Waals surface area contributed by atoms with E-state index in [0.29, 0.717) is 31.6 Å². The Morgan fingerprint density at radius 3 is 2.76 bits per heavy atom. The molecule has 9 nitrogen and oxygen atoms in total. The van der Waals surface area contributed by atoms with E-state index >= 15 is 0 Å². The molecule has 0 atom stereocenters. The van der Waals surface area contributed by atoms with Crippen LogP contribution in [0.1, 0.15) is 23.2 Å². The molecule has 3 rings (SSSR count). The van der Waals surface area contributed by atoms with Gasteiger partial charge in [-0.2, -0.15) is 5.10 Å². The van der Waals surface area contributed by atoms with Crippen LogP contribution in [0.15, 0.2) is 30.7 Å². The number of methoxy groups -OCH3 is 1. The third-order valence-electron chi connectivity index (χ3n) is 4.36. The largest absolute Gasteiger partial charge is 0.480 e. The summed E-state index contributed by atoms with van der Waals surface area (Å²) in [5.74, 6) is -0.765. The predicted octanol–water partition coefficient (Wildman–Crippen LogP) is 0.103. The molecular weight excluding hydrogens is 324 g/mol. The lowest BCUT2D eigenvalue weighted by Gasteiger charge is -2.36. The number of hydrogen-bond donors (Lipinski definition) is 3. The maximum atomic E-state index is 13.0. The lowest BCUT2D eigenvalue weighted by Crippen LogP contribution is -2.52. The van der Waals surface area contributed by atoms with Gasteiger partial charge in [0.05, 0.1) is 19.0 Å². The minimum absolute atomic E-state index is 0.110. The Bertz CT molecular complexity index is 768. The molecule has 2 amide bonds. The van der Waals surface area contributed by atoms with Crippen molar-refractivity contribution < 1.29 is 14.3 Å². The molecule has 0 spiro atoms. The quantitative estimate of drug-likeness (QED) is 0.707. The van der Waals surface area contributed by atoms with Gasteiger partial charge in [0.1, 0.15) is 11.1 Å². The predicted molar refractivity (Wildman–Crippen MR) is 90.2 cm³/mol. The molecule has 132 valence electrons. The van der Waals surface area contributed by atoms with Crippen LogP contribution >= 0.6 is 0 Å². The van der Waals surface area contributed by atoms with Crippen LogP contribution in [0, 0.1) is 0 Å². The Hall–Kier alpha value is -2.94. The molecule has 1 aliphatic heterocycles. The fraction of sp³-hybridized carbons (Fsp3) is 0.375. The van der Waals surface area contributed by atoms with Crippen molar-refractivity contribution in [2.75, 3.05) is 25.5 Å². The van der Waals surface area contributed by atoms with E-state index in [1.54, 1.807) is 23.1 Å². The molecule has 3 heterocycles. The number of nitrogens with zero attached hydrogens (tertiary/aromatic N) is 3. The van der Waals surface area contributed by atoms with E-state index in [-0.39, 0.29) is 17.4 Å². The highest BCUT2D eigenvalue weighted by atomic mass is 16.5. The fourth-order valence-electron chi connectivity index (χ4n) is 3.03. The van der Waals surface area contributed by atoms with Gasteiger partial charge >= 0.3 is 0 Å². The number of rotatable bonds is 5. The van der Waals surface area contributed by atoms with Crippen molar-refractivity contribution in [1.82, 2.24) is 20.1 Å². The topological polar surface area (TPSA) is 124 Å². The SMILES string of the molecule is COc1ncc(NC(=O)C2(n3cccn3)CCNCC2)cc1C(N)=O. The average molecular weight is 344 g/mol. The molecule has 25 heavy (non-hydrogen) atoms. The van der Waals surface area contributed by atoms with E-state index in [1.807, 2.05) is 0 Å². The van der Waals surface area contributed by atoms with Crippen molar-refractivity contribution in [3.05, 3.63) is 36.3 Å². The molecule has 0 bridgehead atoms. The van der Waals surface area contributed by atoms with Gasteiger partial charge in [-0.1, -0.05) is 0 Å². The molecule has 4 N–H and O–H groups in total. The number of carbonyl (C=O) groups excluding carboxylic acids is 2. The lowest BCUT2D eigenvalue weighted by molar-refractivity contribution is -0.126. The highest BCUT2D eigenvalue weighted by molar-refractivity contribution is 5.99. The normalized spacial score (nSPS) is 16.2. The van der Waals surface area contributed by atoms with Gasteiger partial charge in [0.2, 0.25) is 5.88 Å². The van der Waals surface area contributed by atoms with Crippen LogP contribution in [-0.2, 0) is 10.3 Å². The number of pyridine rings is 1. The smallest absolute Gasteiger partial charge is 0.254 e. The Morgan fingerprint density at radius 2 is 2.16 bits per heavy atom. The maximum absolute atomic E-state index is 13.0. The van der Waals surface area contributed by atoms with Gasteiger partial charge in [-0.25, -0.2) is 4.98 Å². The summed E-state index contributed by atoms with van der Waals surface area (Å²) in [4.78, 5) is 28.6. The van der Waals surface area contributed by atoms with Crippen molar-refractivity contribution >= 4 is 17.5 Å². The standard InChI is InChI=1S/C16H20N6O3/c1-25-14-12(13(17)23)9-11(10-19-14)21-15(24)16(3-6-18-7-4-16)22-8-2-5-20-22/h2,5,8-10,18H,3-4,6-7H2,1H3,(H2,17,23)(H,21,24). The van der Waals surface area contributed by atoms with Crippen molar-refractivity contribution in [3.63, 3.8) is 0 Å². The van der Waals surface area contributed by atoms with Gasteiger partial charge in [-0.05, 0) is 38.1 Å². The Labute approximate surface area is 144 Å². The Balaban J connectivity index is 1.90. The molecule has 2 aromatic heterocycles. The Morgan fingerprint density at radius 1 is 1.40 bits per heavy atom. The summed E-state index contributed by atoms with van der Waals surface area (Å²) in [5, 5.41) is 10.3. The van der Waals surface area contributed by atoms with Crippen LogP contribution < -0.4 is 21.1 Å². The molecule has 2 aromatic rings. The molecule has 9 heteroatoms. The summed E-state index contributed by atoms with van der Waals surface area (Å²) < 4.78 is 6.70. The minimum Gasteiger partial charge on any atom is -0.480 e. The van der Waals surface area contributed by atoms with E-state index in [2.05, 4.69) is 20.7 Å². The first-order chi connectivity index (χ1) is 12.1. The van der Waals surface area contributed by atoms with Gasteiger partial charge in [0.15, 0.2) is 0 Å². The zero-order valence-electron chi connectivity index (χ0n) is 13.9. The number of nitrogens with one attached hydrogen (secondary N) is 2. The number of primary amides is 1. The highest BCUT2D eigenvalue weighted by Gasteiger charge is 2.42. The van der Waals surface area contributed by atoms with Crippen LogP contribution in [0.2, 0.25) is 0 Å². The molecule has 0 aromatic carbocycles. The van der Waals surface area contributed by atoms with E-state index < -0.39 is 11.4 Å². The first-order valence-corrected chi connectivity index (χ1v) is 7.93. The molecule has 0 unspecified atom stereocenters. The monoisotopic (exact) mass is 344 g/mol. The number of carbonyl (C=O) groups is 2. The summed E-state index contributed by atoms with van der Waals surface area (Å²) in [6, 6.07) is 3.25. The molecule has 1 aliphatic rings. The number of aromatic nitrogens is 3. The number of ether oxygens (including phenoxy) is 1. The summed E-state index contributed by atoms with van der Waals surface area (Å²) in [5.41, 5.74) is 5.04. The first kappa shape index (κ1) is 16.9. The van der Waals surface area contributed by atoms with Gasteiger partial charge in [0, 0.05) is 12.4 Å². The van der Waals surface area contributed by atoms with Crippen LogP contribution in [0.4, 0.5) is 5.69 Å². The Kier molecular flexibility index (Phi) is 4.66. The maximum Gasteiger partial charge on any atom is 0.254 e. The van der Waals surface area contributed by atoms with E-state index in [9.17, 15) is 9.59 Å². The van der Waals surface area contributed by atoms with Gasteiger partial charge < -0.3 is 21.1 Å².